The number of aromatic nitrogens is 5. The Morgan fingerprint density at radius 1 is 1.13 bits per heavy atom. The second kappa shape index (κ2) is 7.32. The number of aryl methyl sites for hydroxylation is 1. The van der Waals surface area contributed by atoms with Crippen molar-refractivity contribution in [3.63, 3.8) is 0 Å². The molecule has 8 heteroatoms. The van der Waals surface area contributed by atoms with E-state index in [-0.39, 0.29) is 17.9 Å². The Labute approximate surface area is 176 Å². The Kier molecular flexibility index (Phi) is 4.47. The summed E-state index contributed by atoms with van der Waals surface area (Å²) in [5.41, 5.74) is 2.07. The molecule has 5 aromatic rings. The SMILES string of the molecule is COc1cccc(-c2c3c(=O)n(Cc4ccccc4F)ccc3nc3nc(C)[nH][n+]23)c1. The number of aromatic amines is 1. The summed E-state index contributed by atoms with van der Waals surface area (Å²) >= 11 is 0. The van der Waals surface area contributed by atoms with Crippen LogP contribution < -0.4 is 14.8 Å². The smallest absolute Gasteiger partial charge is 0.458 e. The van der Waals surface area contributed by atoms with E-state index >= 15 is 0 Å². The number of methoxy groups -OCH3 is 1. The zero-order valence-corrected chi connectivity index (χ0v) is 17.0. The standard InChI is InChI=1S/C23H18FN5O2/c1-14-25-23-26-19-10-11-28(13-16-6-3-4-9-18(16)24)22(30)20(19)21(29(23)27-14)15-7-5-8-17(12-15)31-2/h3-12H,13H2,1-2H3/p+1. The van der Waals surface area contributed by atoms with Crippen LogP contribution in [0.1, 0.15) is 11.4 Å². The molecule has 0 atom stereocenters. The third kappa shape index (κ3) is 3.22. The van der Waals surface area contributed by atoms with Crippen LogP contribution in [0, 0.1) is 12.7 Å². The molecule has 0 radical (unpaired) electrons. The number of ether oxygens (including phenoxy) is 1. The fourth-order valence-electron chi connectivity index (χ4n) is 3.75. The Morgan fingerprint density at radius 3 is 2.77 bits per heavy atom. The molecule has 0 aliphatic heterocycles. The number of benzene rings is 2. The molecule has 0 bridgehead atoms. The minimum absolute atomic E-state index is 0.115. The zero-order chi connectivity index (χ0) is 21.5. The van der Waals surface area contributed by atoms with Gasteiger partial charge >= 0.3 is 5.78 Å². The summed E-state index contributed by atoms with van der Waals surface area (Å²) < 4.78 is 22.8. The van der Waals surface area contributed by atoms with E-state index < -0.39 is 0 Å². The predicted octanol–water partition coefficient (Wildman–Crippen LogP) is 3.03. The van der Waals surface area contributed by atoms with Crippen LogP contribution in [0.15, 0.2) is 65.6 Å². The summed E-state index contributed by atoms with van der Waals surface area (Å²) in [4.78, 5) is 22.6. The highest BCUT2D eigenvalue weighted by atomic mass is 19.1. The van der Waals surface area contributed by atoms with Gasteiger partial charge in [-0.15, -0.1) is 4.52 Å². The first-order valence-electron chi connectivity index (χ1n) is 9.74. The molecule has 31 heavy (non-hydrogen) atoms. The molecule has 0 unspecified atom stereocenters. The molecule has 1 N–H and O–H groups in total. The summed E-state index contributed by atoms with van der Waals surface area (Å²) in [6.45, 7) is 1.94. The first kappa shape index (κ1) is 18.9. The van der Waals surface area contributed by atoms with Crippen LogP contribution >= 0.6 is 0 Å². The van der Waals surface area contributed by atoms with Crippen LogP contribution in [0.3, 0.4) is 0 Å². The molecular weight excluding hydrogens is 397 g/mol. The van der Waals surface area contributed by atoms with E-state index in [1.165, 1.54) is 10.6 Å². The van der Waals surface area contributed by atoms with Gasteiger partial charge in [0.05, 0.1) is 13.7 Å². The van der Waals surface area contributed by atoms with Crippen LogP contribution in [0.4, 0.5) is 4.39 Å². The Morgan fingerprint density at radius 2 is 1.97 bits per heavy atom. The van der Waals surface area contributed by atoms with Crippen molar-refractivity contribution in [2.24, 2.45) is 0 Å². The highest BCUT2D eigenvalue weighted by molar-refractivity contribution is 5.90. The minimum atomic E-state index is -0.352. The van der Waals surface area contributed by atoms with Gasteiger partial charge in [-0.2, -0.15) is 0 Å². The van der Waals surface area contributed by atoms with E-state index in [1.807, 2.05) is 31.2 Å². The summed E-state index contributed by atoms with van der Waals surface area (Å²) in [5.74, 6) is 1.43. The van der Waals surface area contributed by atoms with Gasteiger partial charge in [-0.1, -0.05) is 40.3 Å². The van der Waals surface area contributed by atoms with Crippen molar-refractivity contribution >= 4 is 16.7 Å². The van der Waals surface area contributed by atoms with Gasteiger partial charge in [0, 0.05) is 24.2 Å². The maximum Gasteiger partial charge on any atom is 0.458 e. The van der Waals surface area contributed by atoms with Gasteiger partial charge in [0.15, 0.2) is 11.2 Å². The topological polar surface area (TPSA) is 76.9 Å². The number of fused-ring (bicyclic) bond motifs is 2. The molecule has 0 saturated carbocycles. The molecule has 0 fully saturated rings. The molecule has 0 aliphatic rings. The molecule has 0 aliphatic carbocycles. The maximum absolute atomic E-state index is 14.2. The first-order chi connectivity index (χ1) is 15.0. The number of nitrogens with one attached hydrogen (secondary N) is 1. The summed E-state index contributed by atoms with van der Waals surface area (Å²) in [6.07, 6.45) is 1.63. The predicted molar refractivity (Wildman–Crippen MR) is 114 cm³/mol. The fraction of sp³-hybridized carbons (Fsp3) is 0.130. The number of hydrogen-bond acceptors (Lipinski definition) is 4. The molecule has 0 spiro atoms. The van der Waals surface area contributed by atoms with Crippen molar-refractivity contribution in [2.45, 2.75) is 13.5 Å². The lowest BCUT2D eigenvalue weighted by molar-refractivity contribution is -0.567. The van der Waals surface area contributed by atoms with Crippen molar-refractivity contribution < 1.29 is 13.6 Å². The number of H-pyrrole nitrogens is 1. The Balaban J connectivity index is 1.82. The average molecular weight is 416 g/mol. The second-order valence-electron chi connectivity index (χ2n) is 7.24. The molecule has 0 amide bonds. The molecular formula is C23H19FN5O2+. The van der Waals surface area contributed by atoms with Crippen LogP contribution in [0.2, 0.25) is 0 Å². The van der Waals surface area contributed by atoms with Crippen molar-refractivity contribution in [1.29, 1.82) is 0 Å². The van der Waals surface area contributed by atoms with Gasteiger partial charge in [0.25, 0.3) is 5.56 Å². The van der Waals surface area contributed by atoms with Gasteiger partial charge in [0.1, 0.15) is 17.0 Å². The van der Waals surface area contributed by atoms with Gasteiger partial charge in [-0.3, -0.25) is 4.79 Å². The Hall–Kier alpha value is -4.07. The van der Waals surface area contributed by atoms with Gasteiger partial charge in [-0.05, 0) is 24.3 Å². The number of rotatable bonds is 4. The first-order valence-corrected chi connectivity index (χ1v) is 9.74. The highest BCUT2D eigenvalue weighted by Gasteiger charge is 2.24. The van der Waals surface area contributed by atoms with Gasteiger partial charge in [0.2, 0.25) is 5.82 Å². The van der Waals surface area contributed by atoms with Crippen molar-refractivity contribution in [3.8, 4) is 17.0 Å². The molecule has 3 aromatic heterocycles. The molecule has 2 aromatic carbocycles. The number of nitrogens with zero attached hydrogens (tertiary/aromatic N) is 4. The van der Waals surface area contributed by atoms with E-state index in [1.54, 1.807) is 42.1 Å². The van der Waals surface area contributed by atoms with E-state index in [4.69, 9.17) is 4.74 Å². The second-order valence-corrected chi connectivity index (χ2v) is 7.24. The summed E-state index contributed by atoms with van der Waals surface area (Å²) in [5, 5.41) is 3.57. The number of pyridine rings is 1. The van der Waals surface area contributed by atoms with Crippen LogP contribution in [0.5, 0.6) is 5.75 Å². The maximum atomic E-state index is 14.2. The lowest BCUT2D eigenvalue weighted by Gasteiger charge is -2.10. The lowest BCUT2D eigenvalue weighted by atomic mass is 10.1. The largest absolute Gasteiger partial charge is 0.497 e. The van der Waals surface area contributed by atoms with Crippen molar-refractivity contribution in [3.05, 3.63) is 88.4 Å². The Bertz CT molecular complexity index is 1510. The number of halogens is 1. The van der Waals surface area contributed by atoms with E-state index in [9.17, 15) is 9.18 Å². The average Bonchev–Trinajstić information content (AvgIpc) is 3.15. The zero-order valence-electron chi connectivity index (χ0n) is 17.0. The van der Waals surface area contributed by atoms with Crippen molar-refractivity contribution in [2.75, 3.05) is 7.11 Å². The highest BCUT2D eigenvalue weighted by Crippen LogP contribution is 2.26. The quantitative estimate of drug-likeness (QED) is 0.457. The molecule has 3 heterocycles. The third-order valence-corrected chi connectivity index (χ3v) is 5.21. The van der Waals surface area contributed by atoms with Crippen molar-refractivity contribution in [1.82, 2.24) is 19.6 Å². The van der Waals surface area contributed by atoms with Crippen LogP contribution in [-0.4, -0.2) is 26.7 Å². The normalized spacial score (nSPS) is 11.3. The molecule has 7 nitrogen and oxygen atoms in total. The number of hydrogen-bond donors (Lipinski definition) is 1. The lowest BCUT2D eigenvalue weighted by Crippen LogP contribution is -2.32. The van der Waals surface area contributed by atoms with Crippen LogP contribution in [-0.2, 0) is 6.54 Å². The fourth-order valence-corrected chi connectivity index (χ4v) is 3.75. The van der Waals surface area contributed by atoms with E-state index in [2.05, 4.69) is 15.1 Å². The molecule has 0 saturated heterocycles. The summed E-state index contributed by atoms with van der Waals surface area (Å²) in [7, 11) is 1.59. The van der Waals surface area contributed by atoms with Gasteiger partial charge in [-0.25, -0.2) is 9.49 Å². The third-order valence-electron chi connectivity index (χ3n) is 5.21. The van der Waals surface area contributed by atoms with Crippen LogP contribution in [0.25, 0.3) is 27.9 Å². The van der Waals surface area contributed by atoms with Gasteiger partial charge < -0.3 is 9.30 Å². The summed E-state index contributed by atoms with van der Waals surface area (Å²) in [6, 6.07) is 15.6. The van der Waals surface area contributed by atoms with E-state index in [0.717, 1.165) is 5.56 Å². The van der Waals surface area contributed by atoms with E-state index in [0.29, 0.717) is 39.5 Å². The minimum Gasteiger partial charge on any atom is -0.497 e. The monoisotopic (exact) mass is 416 g/mol. The molecule has 5 rings (SSSR count). The molecule has 154 valence electrons.